The lowest BCUT2D eigenvalue weighted by atomic mass is 10.2. The molecule has 1 aromatic carbocycles. The van der Waals surface area contributed by atoms with Crippen molar-refractivity contribution in [2.45, 2.75) is 19.4 Å². The summed E-state index contributed by atoms with van der Waals surface area (Å²) in [6, 6.07) is 4.66. The number of halogens is 2. The highest BCUT2D eigenvalue weighted by atomic mass is 35.5. The van der Waals surface area contributed by atoms with Gasteiger partial charge in [0.2, 0.25) is 5.91 Å². The molecule has 1 saturated heterocycles. The Hall–Kier alpha value is -1.13. The second-order valence-corrected chi connectivity index (χ2v) is 4.85. The van der Waals surface area contributed by atoms with E-state index >= 15 is 0 Å². The summed E-state index contributed by atoms with van der Waals surface area (Å²) in [6.45, 7) is 2.48. The number of nitrogens with one attached hydrogen (secondary N) is 1. The molecule has 0 unspecified atom stereocenters. The van der Waals surface area contributed by atoms with Crippen molar-refractivity contribution < 1.29 is 9.18 Å². The van der Waals surface area contributed by atoms with Gasteiger partial charge in [0, 0.05) is 19.6 Å². The van der Waals surface area contributed by atoms with E-state index in [0.29, 0.717) is 13.1 Å². The van der Waals surface area contributed by atoms with E-state index in [1.807, 2.05) is 4.90 Å². The Bertz CT molecular complexity index is 433. The minimum atomic E-state index is -0.429. The number of likely N-dealkylation sites (tertiary alicyclic amines) is 1. The zero-order valence-electron chi connectivity index (χ0n) is 10.1. The van der Waals surface area contributed by atoms with Gasteiger partial charge < -0.3 is 10.2 Å². The van der Waals surface area contributed by atoms with Gasteiger partial charge in [-0.25, -0.2) is 4.39 Å². The summed E-state index contributed by atoms with van der Waals surface area (Å²) in [5, 5.41) is 3.14. The Morgan fingerprint density at radius 2 is 2.11 bits per heavy atom. The van der Waals surface area contributed by atoms with Gasteiger partial charge in [-0.15, -0.1) is 0 Å². The number of nitrogens with zero attached hydrogens (tertiary/aromatic N) is 1. The molecule has 98 valence electrons. The maximum Gasteiger partial charge on any atom is 0.236 e. The molecule has 1 aromatic rings. The molecule has 1 amide bonds. The fraction of sp³-hybridized carbons (Fsp3) is 0.462. The Morgan fingerprint density at radius 1 is 1.39 bits per heavy atom. The summed E-state index contributed by atoms with van der Waals surface area (Å²) in [5.74, 6) is -0.316. The van der Waals surface area contributed by atoms with Crippen LogP contribution in [0, 0.1) is 5.82 Å². The first-order valence-corrected chi connectivity index (χ1v) is 6.47. The van der Waals surface area contributed by atoms with Crippen molar-refractivity contribution in [1.82, 2.24) is 10.2 Å². The van der Waals surface area contributed by atoms with Gasteiger partial charge in [0.15, 0.2) is 0 Å². The molecular weight excluding hydrogens is 255 g/mol. The number of benzene rings is 1. The average molecular weight is 271 g/mol. The zero-order valence-corrected chi connectivity index (χ0v) is 10.8. The summed E-state index contributed by atoms with van der Waals surface area (Å²) >= 11 is 5.60. The molecule has 1 N–H and O–H groups in total. The third-order valence-corrected chi connectivity index (χ3v) is 3.35. The number of carbonyl (C=O) groups is 1. The van der Waals surface area contributed by atoms with E-state index in [0.717, 1.165) is 31.5 Å². The second-order valence-electron chi connectivity index (χ2n) is 4.44. The van der Waals surface area contributed by atoms with Crippen LogP contribution >= 0.6 is 11.6 Å². The molecular formula is C13H16ClFN2O. The molecule has 0 aromatic heterocycles. The van der Waals surface area contributed by atoms with E-state index in [1.54, 1.807) is 6.07 Å². The predicted molar refractivity (Wildman–Crippen MR) is 68.9 cm³/mol. The van der Waals surface area contributed by atoms with Crippen LogP contribution in [0.2, 0.25) is 5.02 Å². The Labute approximate surface area is 111 Å². The largest absolute Gasteiger partial charge is 0.342 e. The minimum Gasteiger partial charge on any atom is -0.342 e. The number of hydrogen-bond acceptors (Lipinski definition) is 2. The first kappa shape index (κ1) is 13.3. The average Bonchev–Trinajstić information content (AvgIpc) is 2.87. The van der Waals surface area contributed by atoms with E-state index in [4.69, 9.17) is 11.6 Å². The third kappa shape index (κ3) is 3.43. The summed E-state index contributed by atoms with van der Waals surface area (Å²) in [7, 11) is 0. The van der Waals surface area contributed by atoms with Crippen LogP contribution < -0.4 is 5.32 Å². The van der Waals surface area contributed by atoms with Crippen LogP contribution in [0.4, 0.5) is 4.39 Å². The topological polar surface area (TPSA) is 32.3 Å². The normalized spacial score (nSPS) is 15.1. The van der Waals surface area contributed by atoms with Crippen LogP contribution in [0.15, 0.2) is 18.2 Å². The smallest absolute Gasteiger partial charge is 0.236 e. The Kier molecular flexibility index (Phi) is 4.55. The number of amides is 1. The Balaban J connectivity index is 1.77. The molecule has 2 rings (SSSR count). The fourth-order valence-electron chi connectivity index (χ4n) is 2.04. The number of hydrogen-bond donors (Lipinski definition) is 1. The van der Waals surface area contributed by atoms with Gasteiger partial charge in [-0.3, -0.25) is 4.79 Å². The van der Waals surface area contributed by atoms with Crippen LogP contribution in [0.5, 0.6) is 0 Å². The predicted octanol–water partition coefficient (Wildman–Crippen LogP) is 2.19. The zero-order chi connectivity index (χ0) is 13.0. The highest BCUT2D eigenvalue weighted by molar-refractivity contribution is 6.30. The summed E-state index contributed by atoms with van der Waals surface area (Å²) in [5.41, 5.74) is 0.783. The molecule has 1 fully saturated rings. The first-order valence-electron chi connectivity index (χ1n) is 6.09. The maximum atomic E-state index is 13.2. The molecule has 1 aliphatic rings. The molecule has 1 heterocycles. The molecule has 0 saturated carbocycles. The maximum absolute atomic E-state index is 13.2. The Morgan fingerprint density at radius 3 is 2.78 bits per heavy atom. The molecule has 0 radical (unpaired) electrons. The van der Waals surface area contributed by atoms with Crippen LogP contribution in [-0.4, -0.2) is 30.4 Å². The molecule has 0 atom stereocenters. The van der Waals surface area contributed by atoms with Crippen molar-refractivity contribution in [1.29, 1.82) is 0 Å². The summed E-state index contributed by atoms with van der Waals surface area (Å²) < 4.78 is 13.2. The second kappa shape index (κ2) is 6.16. The lowest BCUT2D eigenvalue weighted by Crippen LogP contribution is -2.35. The number of rotatable bonds is 4. The molecule has 1 aliphatic heterocycles. The van der Waals surface area contributed by atoms with E-state index in [2.05, 4.69) is 5.32 Å². The molecule has 0 spiro atoms. The van der Waals surface area contributed by atoms with Gasteiger partial charge in [0.25, 0.3) is 0 Å². The highest BCUT2D eigenvalue weighted by Crippen LogP contribution is 2.15. The van der Waals surface area contributed by atoms with Gasteiger partial charge in [-0.2, -0.15) is 0 Å². The summed E-state index contributed by atoms with van der Waals surface area (Å²) in [6.07, 6.45) is 2.18. The summed E-state index contributed by atoms with van der Waals surface area (Å²) in [4.78, 5) is 13.6. The van der Waals surface area contributed by atoms with Crippen molar-refractivity contribution in [3.05, 3.63) is 34.6 Å². The van der Waals surface area contributed by atoms with Crippen molar-refractivity contribution in [3.63, 3.8) is 0 Å². The van der Waals surface area contributed by atoms with E-state index in [9.17, 15) is 9.18 Å². The number of carbonyl (C=O) groups excluding carboxylic acids is 1. The van der Waals surface area contributed by atoms with Gasteiger partial charge >= 0.3 is 0 Å². The van der Waals surface area contributed by atoms with Gasteiger partial charge in [-0.05, 0) is 30.5 Å². The quantitative estimate of drug-likeness (QED) is 0.910. The van der Waals surface area contributed by atoms with Crippen molar-refractivity contribution in [2.75, 3.05) is 19.6 Å². The fourth-order valence-corrected chi connectivity index (χ4v) is 2.16. The van der Waals surface area contributed by atoms with E-state index in [1.165, 1.54) is 12.1 Å². The van der Waals surface area contributed by atoms with Gasteiger partial charge in [0.1, 0.15) is 5.82 Å². The van der Waals surface area contributed by atoms with Crippen LogP contribution in [0.25, 0.3) is 0 Å². The molecule has 5 heteroatoms. The molecule has 0 bridgehead atoms. The van der Waals surface area contributed by atoms with Crippen molar-refractivity contribution in [3.8, 4) is 0 Å². The molecule has 3 nitrogen and oxygen atoms in total. The van der Waals surface area contributed by atoms with E-state index in [-0.39, 0.29) is 10.9 Å². The van der Waals surface area contributed by atoms with Gasteiger partial charge in [-0.1, -0.05) is 17.7 Å². The highest BCUT2D eigenvalue weighted by Gasteiger charge is 2.16. The van der Waals surface area contributed by atoms with Crippen LogP contribution in [-0.2, 0) is 11.3 Å². The van der Waals surface area contributed by atoms with E-state index < -0.39 is 5.82 Å². The standard InChI is InChI=1S/C13H16ClFN2O/c14-11-4-3-10(7-12(11)15)8-16-9-13(18)17-5-1-2-6-17/h3-4,7,16H,1-2,5-6,8-9H2. The van der Waals surface area contributed by atoms with Crippen LogP contribution in [0.3, 0.4) is 0 Å². The lowest BCUT2D eigenvalue weighted by molar-refractivity contribution is -0.129. The minimum absolute atomic E-state index is 0.113. The lowest BCUT2D eigenvalue weighted by Gasteiger charge is -2.15. The molecule has 18 heavy (non-hydrogen) atoms. The first-order chi connectivity index (χ1) is 8.66. The third-order valence-electron chi connectivity index (χ3n) is 3.05. The monoisotopic (exact) mass is 270 g/mol. The SMILES string of the molecule is O=C(CNCc1ccc(Cl)c(F)c1)N1CCCC1. The van der Waals surface area contributed by atoms with Crippen molar-refractivity contribution in [2.24, 2.45) is 0 Å². The van der Waals surface area contributed by atoms with Crippen LogP contribution in [0.1, 0.15) is 18.4 Å². The van der Waals surface area contributed by atoms with Crippen molar-refractivity contribution >= 4 is 17.5 Å². The van der Waals surface area contributed by atoms with Gasteiger partial charge in [0.05, 0.1) is 11.6 Å². The molecule has 0 aliphatic carbocycles.